The molecular weight excluding hydrogens is 212 g/mol. The number of aliphatic hydroxyl groups excluding tert-OH is 1. The van der Waals surface area contributed by atoms with E-state index >= 15 is 0 Å². The van der Waals surface area contributed by atoms with Crippen molar-refractivity contribution in [1.29, 1.82) is 0 Å². The smallest absolute Gasteiger partial charge is 0.328 e. The normalized spacial score (nSPS) is 14.3. The number of urea groups is 1. The van der Waals surface area contributed by atoms with E-state index in [4.69, 9.17) is 10.2 Å². The maximum atomic E-state index is 11.2. The van der Waals surface area contributed by atoms with Crippen LogP contribution in [-0.4, -0.2) is 41.4 Å². The van der Waals surface area contributed by atoms with Gasteiger partial charge in [-0.3, -0.25) is 0 Å². The number of nitrogens with one attached hydrogen (secondary N) is 2. The highest BCUT2D eigenvalue weighted by molar-refractivity contribution is 5.82. The van der Waals surface area contributed by atoms with Gasteiger partial charge in [-0.2, -0.15) is 0 Å². The first-order chi connectivity index (χ1) is 7.38. The summed E-state index contributed by atoms with van der Waals surface area (Å²) < 4.78 is 0. The molecule has 0 radical (unpaired) electrons. The lowest BCUT2D eigenvalue weighted by Gasteiger charge is -2.17. The molecule has 4 N–H and O–H groups in total. The third kappa shape index (κ3) is 5.55. The lowest BCUT2D eigenvalue weighted by Crippen LogP contribution is -2.48. The number of carboxylic acids is 1. The Kier molecular flexibility index (Phi) is 6.48. The van der Waals surface area contributed by atoms with Gasteiger partial charge in [0.25, 0.3) is 0 Å². The third-order valence-corrected chi connectivity index (χ3v) is 2.51. The monoisotopic (exact) mass is 232 g/mol. The van der Waals surface area contributed by atoms with Gasteiger partial charge >= 0.3 is 12.0 Å². The molecule has 0 bridgehead atoms. The molecule has 0 rings (SSSR count). The van der Waals surface area contributed by atoms with Gasteiger partial charge < -0.3 is 20.8 Å². The standard InChI is InChI=1S/C10H20N2O4/c1-6(2)7(3)4-11-10(16)12-8(5-13)9(14)15/h6-8,13H,4-5H2,1-3H3,(H,14,15)(H2,11,12,16)/t7?,8-/m1/s1. The first-order valence-electron chi connectivity index (χ1n) is 5.26. The maximum absolute atomic E-state index is 11.2. The van der Waals surface area contributed by atoms with Crippen LogP contribution in [0, 0.1) is 11.8 Å². The Morgan fingerprint density at radius 2 is 1.81 bits per heavy atom. The van der Waals surface area contributed by atoms with Gasteiger partial charge in [0.2, 0.25) is 0 Å². The number of hydrogen-bond donors (Lipinski definition) is 4. The van der Waals surface area contributed by atoms with Gasteiger partial charge in [0.15, 0.2) is 6.04 Å². The van der Waals surface area contributed by atoms with Gasteiger partial charge in [0.1, 0.15) is 0 Å². The topological polar surface area (TPSA) is 98.7 Å². The molecule has 6 nitrogen and oxygen atoms in total. The Morgan fingerprint density at radius 3 is 2.19 bits per heavy atom. The summed E-state index contributed by atoms with van der Waals surface area (Å²) in [4.78, 5) is 21.8. The lowest BCUT2D eigenvalue weighted by molar-refractivity contribution is -0.140. The van der Waals surface area contributed by atoms with E-state index in [1.807, 2.05) is 20.8 Å². The lowest BCUT2D eigenvalue weighted by atomic mass is 9.98. The number of amides is 2. The largest absolute Gasteiger partial charge is 0.480 e. The van der Waals surface area contributed by atoms with E-state index in [0.717, 1.165) is 0 Å². The highest BCUT2D eigenvalue weighted by Gasteiger charge is 2.18. The molecule has 0 aromatic heterocycles. The molecule has 0 spiro atoms. The summed E-state index contributed by atoms with van der Waals surface area (Å²) in [6, 6.07) is -1.83. The zero-order chi connectivity index (χ0) is 12.7. The molecule has 0 aromatic rings. The molecule has 2 atom stereocenters. The van der Waals surface area contributed by atoms with E-state index in [9.17, 15) is 9.59 Å². The molecule has 0 saturated carbocycles. The number of aliphatic hydroxyl groups is 1. The van der Waals surface area contributed by atoms with Gasteiger partial charge in [-0.25, -0.2) is 9.59 Å². The number of rotatable bonds is 6. The van der Waals surface area contributed by atoms with Crippen molar-refractivity contribution in [2.45, 2.75) is 26.8 Å². The second-order valence-electron chi connectivity index (χ2n) is 4.15. The molecule has 0 aliphatic carbocycles. The van der Waals surface area contributed by atoms with E-state index in [-0.39, 0.29) is 0 Å². The van der Waals surface area contributed by atoms with Crippen molar-refractivity contribution in [3.63, 3.8) is 0 Å². The molecule has 0 saturated heterocycles. The van der Waals surface area contributed by atoms with E-state index in [1.54, 1.807) is 0 Å². The van der Waals surface area contributed by atoms with Crippen LogP contribution >= 0.6 is 0 Å². The second kappa shape index (κ2) is 7.05. The molecule has 94 valence electrons. The first kappa shape index (κ1) is 14.7. The van der Waals surface area contributed by atoms with Crippen LogP contribution in [0.5, 0.6) is 0 Å². The highest BCUT2D eigenvalue weighted by atomic mass is 16.4. The van der Waals surface area contributed by atoms with Crippen LogP contribution in [0.25, 0.3) is 0 Å². The van der Waals surface area contributed by atoms with Crippen molar-refractivity contribution in [3.8, 4) is 0 Å². The van der Waals surface area contributed by atoms with E-state index in [1.165, 1.54) is 0 Å². The van der Waals surface area contributed by atoms with Crippen LogP contribution in [0.15, 0.2) is 0 Å². The highest BCUT2D eigenvalue weighted by Crippen LogP contribution is 2.07. The summed E-state index contributed by atoms with van der Waals surface area (Å²) in [6.45, 7) is 5.92. The Hall–Kier alpha value is -1.30. The van der Waals surface area contributed by atoms with Crippen LogP contribution in [0.2, 0.25) is 0 Å². The minimum Gasteiger partial charge on any atom is -0.480 e. The predicted molar refractivity (Wildman–Crippen MR) is 59.0 cm³/mol. The Labute approximate surface area is 95.0 Å². The third-order valence-electron chi connectivity index (χ3n) is 2.51. The summed E-state index contributed by atoms with van der Waals surface area (Å²) in [6.07, 6.45) is 0. The SMILES string of the molecule is CC(C)C(C)CNC(=O)N[C@H](CO)C(=O)O. The van der Waals surface area contributed by atoms with Crippen molar-refractivity contribution in [2.75, 3.05) is 13.2 Å². The van der Waals surface area contributed by atoms with Gasteiger partial charge in [-0.1, -0.05) is 20.8 Å². The fourth-order valence-corrected chi connectivity index (χ4v) is 0.884. The average molecular weight is 232 g/mol. The van der Waals surface area contributed by atoms with Crippen LogP contribution < -0.4 is 10.6 Å². The molecule has 0 aliphatic heterocycles. The molecule has 0 aromatic carbocycles. The maximum Gasteiger partial charge on any atom is 0.328 e. The second-order valence-corrected chi connectivity index (χ2v) is 4.15. The molecule has 0 fully saturated rings. The molecule has 2 amide bonds. The van der Waals surface area contributed by atoms with E-state index in [0.29, 0.717) is 18.4 Å². The molecule has 1 unspecified atom stereocenters. The van der Waals surface area contributed by atoms with Crippen LogP contribution in [-0.2, 0) is 4.79 Å². The first-order valence-corrected chi connectivity index (χ1v) is 5.26. The number of carboxylic acid groups (broad SMARTS) is 1. The average Bonchev–Trinajstić information content (AvgIpc) is 2.21. The number of carbonyl (C=O) groups is 2. The van der Waals surface area contributed by atoms with Gasteiger partial charge in [-0.15, -0.1) is 0 Å². The van der Waals surface area contributed by atoms with Crippen molar-refractivity contribution in [3.05, 3.63) is 0 Å². The zero-order valence-electron chi connectivity index (χ0n) is 9.86. The van der Waals surface area contributed by atoms with Crippen LogP contribution in [0.1, 0.15) is 20.8 Å². The number of aliphatic carboxylic acids is 1. The molecular formula is C10H20N2O4. The van der Waals surface area contributed by atoms with Gasteiger partial charge in [0, 0.05) is 6.54 Å². The van der Waals surface area contributed by atoms with Crippen molar-refractivity contribution in [2.24, 2.45) is 11.8 Å². The van der Waals surface area contributed by atoms with E-state index in [2.05, 4.69) is 10.6 Å². The summed E-state index contributed by atoms with van der Waals surface area (Å²) in [5, 5.41) is 22.0. The van der Waals surface area contributed by atoms with Crippen molar-refractivity contribution in [1.82, 2.24) is 10.6 Å². The minimum atomic E-state index is -1.26. The van der Waals surface area contributed by atoms with Gasteiger partial charge in [-0.05, 0) is 11.8 Å². The molecule has 16 heavy (non-hydrogen) atoms. The Morgan fingerprint density at radius 1 is 1.25 bits per heavy atom. The molecule has 6 heteroatoms. The van der Waals surface area contributed by atoms with Crippen molar-refractivity contribution >= 4 is 12.0 Å². The number of hydrogen-bond acceptors (Lipinski definition) is 3. The van der Waals surface area contributed by atoms with Crippen LogP contribution in [0.4, 0.5) is 4.79 Å². The summed E-state index contributed by atoms with van der Waals surface area (Å²) >= 11 is 0. The van der Waals surface area contributed by atoms with Crippen molar-refractivity contribution < 1.29 is 19.8 Å². The summed E-state index contributed by atoms with van der Waals surface area (Å²) in [5.74, 6) is -0.508. The summed E-state index contributed by atoms with van der Waals surface area (Å²) in [7, 11) is 0. The fourth-order valence-electron chi connectivity index (χ4n) is 0.884. The van der Waals surface area contributed by atoms with Crippen LogP contribution in [0.3, 0.4) is 0 Å². The Bertz CT molecular complexity index is 243. The predicted octanol–water partition coefficient (Wildman–Crippen LogP) is 0.0232. The molecule has 0 aliphatic rings. The van der Waals surface area contributed by atoms with E-state index < -0.39 is 24.6 Å². The zero-order valence-corrected chi connectivity index (χ0v) is 9.86. The van der Waals surface area contributed by atoms with Gasteiger partial charge in [0.05, 0.1) is 6.61 Å². The number of carbonyl (C=O) groups excluding carboxylic acids is 1. The Balaban J connectivity index is 3.94. The molecule has 0 heterocycles. The summed E-state index contributed by atoms with van der Waals surface area (Å²) in [5.41, 5.74) is 0. The fraction of sp³-hybridized carbons (Fsp3) is 0.800. The minimum absolute atomic E-state index is 0.308. The quantitative estimate of drug-likeness (QED) is 0.519.